The summed E-state index contributed by atoms with van der Waals surface area (Å²) in [6, 6.07) is 7.69. The van der Waals surface area contributed by atoms with E-state index in [1.54, 1.807) is 6.92 Å². The number of carboxylic acids is 1. The number of carboxylic acid groups (broad SMARTS) is 1. The normalized spacial score (nSPS) is 19.4. The third kappa shape index (κ3) is 3.42. The number of pyridine rings is 1. The molecule has 1 atom stereocenters. The average molecular weight is 371 g/mol. The van der Waals surface area contributed by atoms with Crippen molar-refractivity contribution in [3.05, 3.63) is 45.7 Å². The lowest BCUT2D eigenvalue weighted by Gasteiger charge is -2.24. The number of nitrogens with one attached hydrogen (secondary N) is 1. The Labute approximate surface area is 157 Å². The van der Waals surface area contributed by atoms with E-state index in [0.717, 1.165) is 30.8 Å². The second kappa shape index (κ2) is 7.08. The Hall–Kier alpha value is -2.80. The maximum Gasteiger partial charge on any atom is 0.345 e. The van der Waals surface area contributed by atoms with Crippen LogP contribution in [0.15, 0.2) is 29.1 Å². The van der Waals surface area contributed by atoms with Crippen molar-refractivity contribution < 1.29 is 15.0 Å². The van der Waals surface area contributed by atoms with Crippen LogP contribution >= 0.6 is 0 Å². The molecule has 1 aliphatic heterocycles. The summed E-state index contributed by atoms with van der Waals surface area (Å²) in [5.74, 6) is -1.91. The first-order valence-corrected chi connectivity index (χ1v) is 9.06. The number of nitrogens with zero attached hydrogens (tertiary/aromatic N) is 1. The van der Waals surface area contributed by atoms with Crippen LogP contribution in [0.4, 0.5) is 5.69 Å². The Bertz CT molecular complexity index is 920. The molecule has 7 heteroatoms. The molecule has 1 unspecified atom stereocenters. The highest BCUT2D eigenvalue weighted by Crippen LogP contribution is 2.34. The fraction of sp³-hybridized carbons (Fsp3) is 0.400. The minimum absolute atomic E-state index is 0.123. The van der Waals surface area contributed by atoms with Gasteiger partial charge < -0.3 is 25.8 Å². The highest BCUT2D eigenvalue weighted by atomic mass is 16.4. The van der Waals surface area contributed by atoms with Crippen LogP contribution in [-0.4, -0.2) is 40.8 Å². The van der Waals surface area contributed by atoms with Crippen molar-refractivity contribution in [2.24, 2.45) is 11.1 Å². The predicted molar refractivity (Wildman–Crippen MR) is 104 cm³/mol. The average Bonchev–Trinajstić information content (AvgIpc) is 3.04. The third-order valence-electron chi connectivity index (χ3n) is 5.43. The first kappa shape index (κ1) is 19.0. The zero-order valence-electron chi connectivity index (χ0n) is 15.6. The van der Waals surface area contributed by atoms with Crippen molar-refractivity contribution in [1.29, 1.82) is 0 Å². The lowest BCUT2D eigenvalue weighted by atomic mass is 9.90. The summed E-state index contributed by atoms with van der Waals surface area (Å²) in [7, 11) is 0. The fourth-order valence-electron chi connectivity index (χ4n) is 3.67. The van der Waals surface area contributed by atoms with Gasteiger partial charge in [-0.25, -0.2) is 4.79 Å². The highest BCUT2D eigenvalue weighted by Gasteiger charge is 2.32. The van der Waals surface area contributed by atoms with Crippen LogP contribution in [0.2, 0.25) is 0 Å². The lowest BCUT2D eigenvalue weighted by Crippen LogP contribution is -2.31. The standard InChI is InChI=1S/C20H25N3O4/c1-3-14-16(22-18(25)15(17(14)24)19(26)27)12-4-6-13(7-5-12)23-9-8-20(2,10-21)11-23/h4-7H,3,8-11,21H2,1-2H3,(H,26,27)(H2,22,24,25). The fourth-order valence-corrected chi connectivity index (χ4v) is 3.67. The molecular formula is C20H25N3O4. The smallest absolute Gasteiger partial charge is 0.345 e. The van der Waals surface area contributed by atoms with Crippen LogP contribution in [-0.2, 0) is 6.42 Å². The summed E-state index contributed by atoms with van der Waals surface area (Å²) in [5, 5.41) is 19.4. The molecule has 1 aromatic heterocycles. The first-order valence-electron chi connectivity index (χ1n) is 9.06. The van der Waals surface area contributed by atoms with Crippen molar-refractivity contribution in [2.75, 3.05) is 24.5 Å². The van der Waals surface area contributed by atoms with E-state index in [1.165, 1.54) is 0 Å². The maximum atomic E-state index is 12.1. The number of nitrogens with two attached hydrogens (primary N) is 1. The van der Waals surface area contributed by atoms with Gasteiger partial charge in [-0.3, -0.25) is 4.79 Å². The number of benzene rings is 1. The summed E-state index contributed by atoms with van der Waals surface area (Å²) >= 11 is 0. The van der Waals surface area contributed by atoms with E-state index in [2.05, 4.69) is 16.8 Å². The maximum absolute atomic E-state index is 12.1. The number of aromatic amines is 1. The van der Waals surface area contributed by atoms with Gasteiger partial charge in [0.25, 0.3) is 5.56 Å². The van der Waals surface area contributed by atoms with Crippen molar-refractivity contribution in [3.63, 3.8) is 0 Å². The number of hydrogen-bond acceptors (Lipinski definition) is 5. The summed E-state index contributed by atoms with van der Waals surface area (Å²) < 4.78 is 0. The zero-order valence-corrected chi connectivity index (χ0v) is 15.6. The summed E-state index contributed by atoms with van der Waals surface area (Å²) in [6.07, 6.45) is 1.43. The molecule has 0 bridgehead atoms. The van der Waals surface area contributed by atoms with Crippen LogP contribution in [0.5, 0.6) is 5.75 Å². The number of H-pyrrole nitrogens is 1. The van der Waals surface area contributed by atoms with Gasteiger partial charge in [0.05, 0.1) is 5.69 Å². The molecule has 0 spiro atoms. The minimum Gasteiger partial charge on any atom is -0.506 e. The number of aromatic nitrogens is 1. The molecular weight excluding hydrogens is 346 g/mol. The number of carbonyl (C=O) groups is 1. The molecule has 0 amide bonds. The summed E-state index contributed by atoms with van der Waals surface area (Å²) in [4.78, 5) is 28.2. The van der Waals surface area contributed by atoms with Crippen LogP contribution in [0, 0.1) is 5.41 Å². The van der Waals surface area contributed by atoms with E-state index >= 15 is 0 Å². The van der Waals surface area contributed by atoms with E-state index in [-0.39, 0.29) is 5.41 Å². The number of aromatic hydroxyl groups is 1. The van der Waals surface area contributed by atoms with Gasteiger partial charge in [-0.2, -0.15) is 0 Å². The molecule has 1 aromatic carbocycles. The number of rotatable bonds is 5. The lowest BCUT2D eigenvalue weighted by molar-refractivity contribution is 0.0691. The number of anilines is 1. The Morgan fingerprint density at radius 3 is 2.52 bits per heavy atom. The topological polar surface area (TPSA) is 120 Å². The van der Waals surface area contributed by atoms with E-state index in [4.69, 9.17) is 10.8 Å². The molecule has 144 valence electrons. The predicted octanol–water partition coefficient (Wildman–Crippen LogP) is 2.18. The number of hydrogen-bond donors (Lipinski definition) is 4. The number of aromatic carboxylic acids is 1. The molecule has 3 rings (SSSR count). The Balaban J connectivity index is 1.96. The quantitative estimate of drug-likeness (QED) is 0.639. The van der Waals surface area contributed by atoms with Gasteiger partial charge in [0.2, 0.25) is 0 Å². The largest absolute Gasteiger partial charge is 0.506 e. The molecule has 27 heavy (non-hydrogen) atoms. The highest BCUT2D eigenvalue weighted by molar-refractivity contribution is 5.92. The van der Waals surface area contributed by atoms with Crippen molar-refractivity contribution in [2.45, 2.75) is 26.7 Å². The van der Waals surface area contributed by atoms with Crippen LogP contribution < -0.4 is 16.2 Å². The Kier molecular flexibility index (Phi) is 4.97. The third-order valence-corrected chi connectivity index (χ3v) is 5.43. The molecule has 0 radical (unpaired) electrons. The monoisotopic (exact) mass is 371 g/mol. The first-order chi connectivity index (χ1) is 12.8. The second-order valence-corrected chi connectivity index (χ2v) is 7.42. The van der Waals surface area contributed by atoms with Crippen LogP contribution in [0.1, 0.15) is 36.2 Å². The second-order valence-electron chi connectivity index (χ2n) is 7.42. The van der Waals surface area contributed by atoms with E-state index in [1.807, 2.05) is 24.3 Å². The van der Waals surface area contributed by atoms with E-state index in [9.17, 15) is 14.7 Å². The molecule has 7 nitrogen and oxygen atoms in total. The molecule has 5 N–H and O–H groups in total. The van der Waals surface area contributed by atoms with Gasteiger partial charge in [-0.15, -0.1) is 0 Å². The molecule has 1 fully saturated rings. The van der Waals surface area contributed by atoms with Gasteiger partial charge in [-0.1, -0.05) is 26.0 Å². The van der Waals surface area contributed by atoms with Crippen molar-refractivity contribution in [3.8, 4) is 17.0 Å². The van der Waals surface area contributed by atoms with Crippen LogP contribution in [0.25, 0.3) is 11.3 Å². The van der Waals surface area contributed by atoms with Gasteiger partial charge >= 0.3 is 5.97 Å². The summed E-state index contributed by atoms with van der Waals surface area (Å²) in [6.45, 7) is 6.48. The summed E-state index contributed by atoms with van der Waals surface area (Å²) in [5.41, 5.74) is 7.23. The van der Waals surface area contributed by atoms with Gasteiger partial charge in [0.1, 0.15) is 5.75 Å². The molecule has 1 saturated heterocycles. The molecule has 0 aliphatic carbocycles. The Morgan fingerprint density at radius 1 is 1.33 bits per heavy atom. The van der Waals surface area contributed by atoms with Gasteiger partial charge in [-0.05, 0) is 42.5 Å². The van der Waals surface area contributed by atoms with Crippen molar-refractivity contribution >= 4 is 11.7 Å². The van der Waals surface area contributed by atoms with E-state index in [0.29, 0.717) is 24.2 Å². The zero-order chi connectivity index (χ0) is 19.8. The van der Waals surface area contributed by atoms with Crippen LogP contribution in [0.3, 0.4) is 0 Å². The molecule has 1 aliphatic rings. The van der Waals surface area contributed by atoms with Gasteiger partial charge in [0.15, 0.2) is 5.56 Å². The molecule has 2 aromatic rings. The minimum atomic E-state index is -1.44. The van der Waals surface area contributed by atoms with Gasteiger partial charge in [0, 0.05) is 24.3 Å². The SMILES string of the molecule is CCc1c(-c2ccc(N3CCC(C)(CN)C3)cc2)[nH]c(=O)c(C(=O)O)c1O. The Morgan fingerprint density at radius 2 is 2.00 bits per heavy atom. The molecule has 0 saturated carbocycles. The van der Waals surface area contributed by atoms with E-state index < -0.39 is 22.8 Å². The molecule has 2 heterocycles. The van der Waals surface area contributed by atoms with Crippen molar-refractivity contribution in [1.82, 2.24) is 4.98 Å².